The number of nitrogens with zero attached hydrogens (tertiary/aromatic N) is 2. The van der Waals surface area contributed by atoms with Gasteiger partial charge in [0, 0.05) is 45.4 Å². The third-order valence-electron chi connectivity index (χ3n) is 11.6. The van der Waals surface area contributed by atoms with E-state index in [1.807, 2.05) is 45.3 Å². The van der Waals surface area contributed by atoms with Crippen LogP contribution in [0.5, 0.6) is 0 Å². The Kier molecular flexibility index (Phi) is 19.2. The van der Waals surface area contributed by atoms with Crippen LogP contribution in [0.3, 0.4) is 0 Å². The summed E-state index contributed by atoms with van der Waals surface area (Å²) in [5.41, 5.74) is 7.73. The van der Waals surface area contributed by atoms with Crippen molar-refractivity contribution >= 4 is 80.3 Å². The number of aromatic nitrogens is 2. The summed E-state index contributed by atoms with van der Waals surface area (Å²) in [6.07, 6.45) is 35.6. The van der Waals surface area contributed by atoms with E-state index in [-0.39, 0.29) is 0 Å². The molecule has 0 aliphatic carbocycles. The summed E-state index contributed by atoms with van der Waals surface area (Å²) in [6.45, 7) is 9.02. The summed E-state index contributed by atoms with van der Waals surface area (Å²) in [7, 11) is 0. The Morgan fingerprint density at radius 1 is 0.466 bits per heavy atom. The Morgan fingerprint density at radius 2 is 0.948 bits per heavy atom. The normalized spacial score (nSPS) is 11.9. The van der Waals surface area contributed by atoms with Crippen molar-refractivity contribution in [3.05, 3.63) is 90.3 Å². The van der Waals surface area contributed by atoms with E-state index in [9.17, 15) is 0 Å². The van der Waals surface area contributed by atoms with Crippen LogP contribution in [0, 0.1) is 13.8 Å². The Labute approximate surface area is 371 Å². The topological polar surface area (TPSA) is 25.8 Å². The highest BCUT2D eigenvalue weighted by Crippen LogP contribution is 2.41. The molecule has 0 spiro atoms. The van der Waals surface area contributed by atoms with E-state index in [4.69, 9.17) is 4.37 Å². The maximum Gasteiger partial charge on any atom is 0.108 e. The number of hydrogen-bond acceptors (Lipinski definition) is 7. The lowest BCUT2D eigenvalue weighted by Gasteiger charge is -2.04. The second kappa shape index (κ2) is 24.7. The Morgan fingerprint density at radius 3 is 1.50 bits per heavy atom. The van der Waals surface area contributed by atoms with E-state index in [1.54, 1.807) is 5.56 Å². The van der Waals surface area contributed by atoms with Gasteiger partial charge in [-0.1, -0.05) is 142 Å². The molecule has 2 nitrogen and oxygen atoms in total. The first kappa shape index (κ1) is 45.1. The van der Waals surface area contributed by atoms with E-state index in [1.165, 1.54) is 202 Å². The maximum atomic E-state index is 4.70. The minimum atomic E-state index is 0.918. The highest BCUT2D eigenvalue weighted by Gasteiger charge is 2.16. The molecule has 0 aliphatic rings. The molecular formula is C51H68N2S5. The third kappa shape index (κ3) is 13.8. The first-order valence-corrected chi connectivity index (χ1v) is 26.8. The van der Waals surface area contributed by atoms with Crippen molar-refractivity contribution in [2.45, 2.75) is 175 Å². The molecule has 0 atom stereocenters. The lowest BCUT2D eigenvalue weighted by Crippen LogP contribution is -1.89. The minimum absolute atomic E-state index is 0.918. The molecule has 5 aromatic heterocycles. The monoisotopic (exact) mass is 868 g/mol. The number of rotatable bonds is 28. The predicted octanol–water partition coefficient (Wildman–Crippen LogP) is 18.6. The zero-order chi connectivity index (χ0) is 40.4. The van der Waals surface area contributed by atoms with Gasteiger partial charge < -0.3 is 0 Å². The molecule has 0 radical (unpaired) electrons. The Hall–Kier alpha value is -2.42. The standard InChI is InChI=1S/C51H68N2S5/c1-5-7-9-11-13-15-17-19-21-23-25-41-35-39(4)54-50(41)46-33-31-43(55-46)29-30-44-32-34-47(56-44)51-42(26-24-22-20-18-16-14-12-10-8-6-2)37-45(57-51)36-40-28-27-38(3)48-49(40)53-58-52-48/h27-35,37H,5-26,36H2,1-4H3/b30-29+. The molecule has 7 heteroatoms. The van der Waals surface area contributed by atoms with Gasteiger partial charge in [0.1, 0.15) is 11.0 Å². The number of unbranched alkanes of at least 4 members (excludes halogenated alkanes) is 18. The van der Waals surface area contributed by atoms with Crippen LogP contribution in [-0.4, -0.2) is 8.75 Å². The van der Waals surface area contributed by atoms with Crippen molar-refractivity contribution in [1.82, 2.24) is 8.75 Å². The van der Waals surface area contributed by atoms with Gasteiger partial charge in [0.2, 0.25) is 0 Å². The first-order chi connectivity index (χ1) is 28.5. The van der Waals surface area contributed by atoms with Crippen LogP contribution in [0.25, 0.3) is 42.7 Å². The fourth-order valence-corrected chi connectivity index (χ4v) is 13.2. The second-order valence-corrected chi connectivity index (χ2v) is 21.7. The summed E-state index contributed by atoms with van der Waals surface area (Å²) < 4.78 is 9.31. The lowest BCUT2D eigenvalue weighted by atomic mass is 10.0. The van der Waals surface area contributed by atoms with Gasteiger partial charge in [-0.05, 0) is 110 Å². The van der Waals surface area contributed by atoms with Crippen molar-refractivity contribution < 1.29 is 0 Å². The SMILES string of the molecule is CCCCCCCCCCCCc1cc(C)sc1-c1ccc(/C=C/c2ccc(-c3sc(Cc4ccc(C)c5nsnc45)cc3CCCCCCCCCCCC)s2)s1. The zero-order valence-electron chi connectivity index (χ0n) is 36.0. The third-order valence-corrected chi connectivity index (χ3v) is 16.8. The van der Waals surface area contributed by atoms with Gasteiger partial charge in [-0.25, -0.2) is 0 Å². The maximum absolute atomic E-state index is 4.70. The fraction of sp³-hybridized carbons (Fsp3) is 0.529. The van der Waals surface area contributed by atoms with Gasteiger partial charge in [0.05, 0.1) is 11.7 Å². The van der Waals surface area contributed by atoms with Crippen molar-refractivity contribution in [2.24, 2.45) is 0 Å². The molecule has 0 unspecified atom stereocenters. The van der Waals surface area contributed by atoms with Gasteiger partial charge in [-0.3, -0.25) is 0 Å². The van der Waals surface area contributed by atoms with Crippen LogP contribution in [0.2, 0.25) is 0 Å². The van der Waals surface area contributed by atoms with Crippen LogP contribution < -0.4 is 0 Å². The van der Waals surface area contributed by atoms with Crippen LogP contribution >= 0.6 is 57.1 Å². The average molecular weight is 869 g/mol. The zero-order valence-corrected chi connectivity index (χ0v) is 40.1. The van der Waals surface area contributed by atoms with Crippen molar-refractivity contribution in [3.8, 4) is 19.5 Å². The van der Waals surface area contributed by atoms with Gasteiger partial charge in [0.25, 0.3) is 0 Å². The number of fused-ring (bicyclic) bond motifs is 1. The van der Waals surface area contributed by atoms with E-state index < -0.39 is 0 Å². The lowest BCUT2D eigenvalue weighted by molar-refractivity contribution is 0.556. The second-order valence-electron chi connectivity index (χ2n) is 16.6. The largest absolute Gasteiger partial charge is 0.173 e. The molecule has 1 aromatic carbocycles. The van der Waals surface area contributed by atoms with Crippen LogP contribution in [0.4, 0.5) is 0 Å². The van der Waals surface area contributed by atoms with Gasteiger partial charge in [-0.15, -0.1) is 45.3 Å². The van der Waals surface area contributed by atoms with Gasteiger partial charge in [-0.2, -0.15) is 8.75 Å². The highest BCUT2D eigenvalue weighted by atomic mass is 32.1. The molecule has 5 heterocycles. The first-order valence-electron chi connectivity index (χ1n) is 22.8. The van der Waals surface area contributed by atoms with E-state index >= 15 is 0 Å². The van der Waals surface area contributed by atoms with E-state index in [2.05, 4.69) is 92.8 Å². The molecule has 0 bridgehead atoms. The van der Waals surface area contributed by atoms with Crippen molar-refractivity contribution in [1.29, 1.82) is 0 Å². The smallest absolute Gasteiger partial charge is 0.108 e. The number of aryl methyl sites for hydroxylation is 4. The molecule has 58 heavy (non-hydrogen) atoms. The van der Waals surface area contributed by atoms with E-state index in [0.717, 1.165) is 23.9 Å². The summed E-state index contributed by atoms with van der Waals surface area (Å²) >= 11 is 9.19. The molecule has 0 fully saturated rings. The molecule has 6 aromatic rings. The molecule has 0 aliphatic heterocycles. The number of benzene rings is 1. The summed E-state index contributed by atoms with van der Waals surface area (Å²) in [4.78, 5) is 11.3. The van der Waals surface area contributed by atoms with Gasteiger partial charge >= 0.3 is 0 Å². The average Bonchev–Trinajstić information content (AvgIpc) is 4.08. The van der Waals surface area contributed by atoms with Crippen molar-refractivity contribution in [3.63, 3.8) is 0 Å². The highest BCUT2D eigenvalue weighted by molar-refractivity contribution is 7.23. The van der Waals surface area contributed by atoms with Crippen LogP contribution in [0.15, 0.2) is 48.5 Å². The fourth-order valence-electron chi connectivity index (χ4n) is 8.20. The van der Waals surface area contributed by atoms with Crippen LogP contribution in [0.1, 0.15) is 184 Å². The van der Waals surface area contributed by atoms with Crippen molar-refractivity contribution in [2.75, 3.05) is 0 Å². The molecule has 0 saturated heterocycles. The molecule has 312 valence electrons. The molecule has 0 saturated carbocycles. The Bertz CT molecular complexity index is 2100. The number of hydrogen-bond donors (Lipinski definition) is 0. The number of thiophene rings is 4. The van der Waals surface area contributed by atoms with Gasteiger partial charge in [0.15, 0.2) is 0 Å². The summed E-state index contributed by atoms with van der Waals surface area (Å²) in [5, 5.41) is 0. The Balaban J connectivity index is 1.06. The quantitative estimate of drug-likeness (QED) is 0.0459. The predicted molar refractivity (Wildman–Crippen MR) is 265 cm³/mol. The molecule has 0 amide bonds. The minimum Gasteiger partial charge on any atom is -0.173 e. The molecule has 6 rings (SSSR count). The summed E-state index contributed by atoms with van der Waals surface area (Å²) in [6, 6.07) is 18.8. The van der Waals surface area contributed by atoms with Crippen LogP contribution in [-0.2, 0) is 19.3 Å². The van der Waals surface area contributed by atoms with E-state index in [0.29, 0.717) is 0 Å². The summed E-state index contributed by atoms with van der Waals surface area (Å²) in [5.74, 6) is 0. The molecular weight excluding hydrogens is 801 g/mol. The molecule has 0 N–H and O–H groups in total.